The molecule has 0 aliphatic rings. The fourth-order valence-corrected chi connectivity index (χ4v) is 6.22. The first-order valence-electron chi connectivity index (χ1n) is 11.1. The van der Waals surface area contributed by atoms with Crippen LogP contribution in [-0.4, -0.2) is 29.0 Å². The summed E-state index contributed by atoms with van der Waals surface area (Å²) in [5.41, 5.74) is 1.53. The van der Waals surface area contributed by atoms with Gasteiger partial charge in [0.05, 0.1) is 21.7 Å². The minimum absolute atomic E-state index is 0.0400. The average molecular weight is 550 g/mol. The van der Waals surface area contributed by atoms with Crippen LogP contribution < -0.4 is 10.1 Å². The van der Waals surface area contributed by atoms with Gasteiger partial charge >= 0.3 is 0 Å². The third-order valence-corrected chi connectivity index (χ3v) is 8.32. The first-order valence-corrected chi connectivity index (χ1v) is 13.9. The van der Waals surface area contributed by atoms with Crippen LogP contribution in [0, 0.1) is 0 Å². The Hall–Kier alpha value is -3.79. The van der Waals surface area contributed by atoms with Gasteiger partial charge in [-0.2, -0.15) is 0 Å². The number of ether oxygens (including phenoxy) is 1. The fourth-order valence-electron chi connectivity index (χ4n) is 3.58. The van der Waals surface area contributed by atoms with E-state index in [2.05, 4.69) is 10.3 Å². The number of thioether (sulfide) groups is 1. The van der Waals surface area contributed by atoms with Gasteiger partial charge in [-0.1, -0.05) is 53.7 Å². The predicted octanol–water partition coefficient (Wildman–Crippen LogP) is 6.45. The number of anilines is 1. The number of nitrogens with one attached hydrogen (secondary N) is 1. The Kier molecular flexibility index (Phi) is 7.18. The number of hydrogen-bond acceptors (Lipinski definition) is 6. The van der Waals surface area contributed by atoms with Gasteiger partial charge in [0, 0.05) is 10.7 Å². The molecule has 1 amide bonds. The zero-order valence-corrected chi connectivity index (χ0v) is 21.6. The largest absolute Gasteiger partial charge is 0.457 e. The second-order valence-electron chi connectivity index (χ2n) is 7.88. The Balaban J connectivity index is 1.31. The normalized spacial score (nSPS) is 11.4. The summed E-state index contributed by atoms with van der Waals surface area (Å²) >= 11 is 6.98. The number of benzene rings is 4. The van der Waals surface area contributed by atoms with E-state index in [1.54, 1.807) is 48.5 Å². The standard InChI is InChI=1S/C27H20ClN3O4S2/c28-19-10-16-23(17-11-19)37(33,34)31-25-9-5-4-8-24(25)30-27(31)36-18-26(32)29-20-12-14-22(15-13-20)35-21-6-2-1-3-7-21/h1-17H,18H2,(H,29,32). The summed E-state index contributed by atoms with van der Waals surface area (Å²) in [6, 6.07) is 29.2. The number of carbonyl (C=O) groups excluding carboxylic acids is 1. The lowest BCUT2D eigenvalue weighted by atomic mass is 10.3. The molecular formula is C27H20ClN3O4S2. The molecule has 5 rings (SSSR count). The zero-order valence-electron chi connectivity index (χ0n) is 19.2. The third kappa shape index (κ3) is 5.64. The summed E-state index contributed by atoms with van der Waals surface area (Å²) in [4.78, 5) is 17.2. The first-order chi connectivity index (χ1) is 17.9. The summed E-state index contributed by atoms with van der Waals surface area (Å²) in [6.45, 7) is 0. The molecule has 5 aromatic rings. The first kappa shape index (κ1) is 24.9. The highest BCUT2D eigenvalue weighted by Crippen LogP contribution is 2.30. The van der Waals surface area contributed by atoms with Crippen molar-refractivity contribution in [1.29, 1.82) is 0 Å². The van der Waals surface area contributed by atoms with E-state index in [1.165, 1.54) is 28.2 Å². The molecule has 1 aromatic heterocycles. The van der Waals surface area contributed by atoms with E-state index in [9.17, 15) is 13.2 Å². The molecule has 0 aliphatic heterocycles. The van der Waals surface area contributed by atoms with Gasteiger partial charge < -0.3 is 10.1 Å². The van der Waals surface area contributed by atoms with E-state index < -0.39 is 10.0 Å². The molecule has 1 heterocycles. The van der Waals surface area contributed by atoms with Crippen molar-refractivity contribution in [3.05, 3.63) is 108 Å². The Morgan fingerprint density at radius 1 is 0.865 bits per heavy atom. The minimum atomic E-state index is -3.98. The van der Waals surface area contributed by atoms with Crippen molar-refractivity contribution in [1.82, 2.24) is 8.96 Å². The highest BCUT2D eigenvalue weighted by molar-refractivity contribution is 8.00. The highest BCUT2D eigenvalue weighted by atomic mass is 35.5. The van der Waals surface area contributed by atoms with E-state index in [0.717, 1.165) is 11.8 Å². The number of carbonyl (C=O) groups is 1. The molecule has 0 radical (unpaired) electrons. The Morgan fingerprint density at radius 3 is 2.24 bits per heavy atom. The van der Waals surface area contributed by atoms with Crippen molar-refractivity contribution in [2.75, 3.05) is 11.1 Å². The van der Waals surface area contributed by atoms with Crippen molar-refractivity contribution in [3.8, 4) is 11.5 Å². The van der Waals surface area contributed by atoms with E-state index in [1.807, 2.05) is 30.3 Å². The number of amides is 1. The smallest absolute Gasteiger partial charge is 0.270 e. The second-order valence-corrected chi connectivity index (χ2v) is 11.0. The average Bonchev–Trinajstić information content (AvgIpc) is 3.29. The molecule has 37 heavy (non-hydrogen) atoms. The lowest BCUT2D eigenvalue weighted by Crippen LogP contribution is -2.17. The molecule has 0 unspecified atom stereocenters. The number of hydrogen-bond donors (Lipinski definition) is 1. The number of fused-ring (bicyclic) bond motifs is 1. The van der Waals surface area contributed by atoms with Crippen LogP contribution in [0.3, 0.4) is 0 Å². The number of halogens is 1. The lowest BCUT2D eigenvalue weighted by Gasteiger charge is -2.11. The molecule has 0 aliphatic carbocycles. The van der Waals surface area contributed by atoms with Crippen LogP contribution in [0.4, 0.5) is 5.69 Å². The topological polar surface area (TPSA) is 90.3 Å². The van der Waals surface area contributed by atoms with Crippen molar-refractivity contribution in [2.45, 2.75) is 10.1 Å². The number of rotatable bonds is 8. The monoisotopic (exact) mass is 549 g/mol. The van der Waals surface area contributed by atoms with Crippen LogP contribution in [-0.2, 0) is 14.8 Å². The molecule has 4 aromatic carbocycles. The van der Waals surface area contributed by atoms with Crippen LogP contribution in [0.25, 0.3) is 11.0 Å². The van der Waals surface area contributed by atoms with E-state index >= 15 is 0 Å². The molecule has 7 nitrogen and oxygen atoms in total. The molecule has 0 spiro atoms. The molecule has 0 atom stereocenters. The van der Waals surface area contributed by atoms with Crippen LogP contribution in [0.2, 0.25) is 5.02 Å². The Bertz CT molecular complexity index is 1650. The molecule has 186 valence electrons. The summed E-state index contributed by atoms with van der Waals surface area (Å²) in [7, 11) is -3.98. The van der Waals surface area contributed by atoms with Gasteiger partial charge in [-0.05, 0) is 72.8 Å². The summed E-state index contributed by atoms with van der Waals surface area (Å²) < 4.78 is 33.9. The van der Waals surface area contributed by atoms with Gasteiger partial charge in [0.1, 0.15) is 11.5 Å². The Labute approximate surface area is 223 Å². The van der Waals surface area contributed by atoms with Crippen LogP contribution in [0.15, 0.2) is 113 Å². The van der Waals surface area contributed by atoms with Gasteiger partial charge in [0.2, 0.25) is 5.91 Å². The maximum Gasteiger partial charge on any atom is 0.270 e. The van der Waals surface area contributed by atoms with E-state index in [0.29, 0.717) is 33.2 Å². The lowest BCUT2D eigenvalue weighted by molar-refractivity contribution is -0.113. The number of nitrogens with zero attached hydrogens (tertiary/aromatic N) is 2. The Morgan fingerprint density at radius 2 is 1.51 bits per heavy atom. The SMILES string of the molecule is O=C(CSc1nc2ccccc2n1S(=O)(=O)c1ccc(Cl)cc1)Nc1ccc(Oc2ccccc2)cc1. The number of imidazole rings is 1. The highest BCUT2D eigenvalue weighted by Gasteiger charge is 2.25. The van der Waals surface area contributed by atoms with Crippen LogP contribution in [0.5, 0.6) is 11.5 Å². The van der Waals surface area contributed by atoms with Crippen LogP contribution in [0.1, 0.15) is 0 Å². The predicted molar refractivity (Wildman–Crippen MR) is 146 cm³/mol. The summed E-state index contributed by atoms with van der Waals surface area (Å²) in [5.74, 6) is 1.01. The van der Waals surface area contributed by atoms with Crippen molar-refractivity contribution in [3.63, 3.8) is 0 Å². The maximum absolute atomic E-state index is 13.5. The van der Waals surface area contributed by atoms with Gasteiger partial charge in [0.15, 0.2) is 5.16 Å². The van der Waals surface area contributed by atoms with Gasteiger partial charge in [-0.15, -0.1) is 0 Å². The quantitative estimate of drug-likeness (QED) is 0.224. The van der Waals surface area contributed by atoms with Gasteiger partial charge in [-0.25, -0.2) is 17.4 Å². The molecule has 1 N–H and O–H groups in total. The fraction of sp³-hybridized carbons (Fsp3) is 0.0370. The molecule has 0 fully saturated rings. The molecule has 0 saturated heterocycles. The van der Waals surface area contributed by atoms with Crippen molar-refractivity contribution in [2.24, 2.45) is 0 Å². The van der Waals surface area contributed by atoms with Gasteiger partial charge in [0.25, 0.3) is 10.0 Å². The zero-order chi connectivity index (χ0) is 25.8. The van der Waals surface area contributed by atoms with Crippen molar-refractivity contribution < 1.29 is 17.9 Å². The third-order valence-electron chi connectivity index (χ3n) is 5.29. The molecule has 0 bridgehead atoms. The molecule has 10 heteroatoms. The maximum atomic E-state index is 13.5. The summed E-state index contributed by atoms with van der Waals surface area (Å²) in [6.07, 6.45) is 0. The van der Waals surface area contributed by atoms with E-state index in [-0.39, 0.29) is 21.7 Å². The number of para-hydroxylation sites is 3. The second kappa shape index (κ2) is 10.7. The summed E-state index contributed by atoms with van der Waals surface area (Å²) in [5, 5.41) is 3.44. The number of aromatic nitrogens is 2. The molecule has 0 saturated carbocycles. The minimum Gasteiger partial charge on any atom is -0.457 e. The van der Waals surface area contributed by atoms with Gasteiger partial charge in [-0.3, -0.25) is 4.79 Å². The molecular weight excluding hydrogens is 530 g/mol. The van der Waals surface area contributed by atoms with Crippen molar-refractivity contribution >= 4 is 56.0 Å². The van der Waals surface area contributed by atoms with Crippen LogP contribution >= 0.6 is 23.4 Å². The van der Waals surface area contributed by atoms with E-state index in [4.69, 9.17) is 16.3 Å².